The molecule has 21 heavy (non-hydrogen) atoms. The van der Waals surface area contributed by atoms with E-state index in [-0.39, 0.29) is 41.8 Å². The molecule has 1 aromatic carbocycles. The normalized spacial score (nSPS) is 25.2. The SMILES string of the molecule is O=C1CN(C(=O)c2ccc(Cl)cc2O)[C@@H]2CCCC[C@@H]2N1. The van der Waals surface area contributed by atoms with Crippen LogP contribution in [-0.2, 0) is 4.79 Å². The Morgan fingerprint density at radius 3 is 2.86 bits per heavy atom. The maximum Gasteiger partial charge on any atom is 0.258 e. The number of hydrogen-bond donors (Lipinski definition) is 2. The highest BCUT2D eigenvalue weighted by Gasteiger charge is 2.39. The molecule has 0 spiro atoms. The predicted molar refractivity (Wildman–Crippen MR) is 78.3 cm³/mol. The largest absolute Gasteiger partial charge is 0.507 e. The molecule has 2 fully saturated rings. The number of halogens is 1. The summed E-state index contributed by atoms with van der Waals surface area (Å²) in [6, 6.07) is 4.45. The number of nitrogens with zero attached hydrogens (tertiary/aromatic N) is 1. The van der Waals surface area contributed by atoms with Gasteiger partial charge in [-0.05, 0) is 31.0 Å². The molecule has 1 saturated carbocycles. The number of benzene rings is 1. The number of carbonyl (C=O) groups is 2. The van der Waals surface area contributed by atoms with Crippen molar-refractivity contribution in [3.05, 3.63) is 28.8 Å². The molecular weight excluding hydrogens is 292 g/mol. The third kappa shape index (κ3) is 2.70. The molecule has 0 bridgehead atoms. The first-order valence-corrected chi connectivity index (χ1v) is 7.53. The van der Waals surface area contributed by atoms with Crippen molar-refractivity contribution in [1.82, 2.24) is 10.2 Å². The summed E-state index contributed by atoms with van der Waals surface area (Å²) in [6.45, 7) is 0.0437. The van der Waals surface area contributed by atoms with Crippen molar-refractivity contribution in [3.63, 3.8) is 0 Å². The van der Waals surface area contributed by atoms with Gasteiger partial charge >= 0.3 is 0 Å². The summed E-state index contributed by atoms with van der Waals surface area (Å²) in [4.78, 5) is 26.1. The number of piperazine rings is 1. The van der Waals surface area contributed by atoms with Gasteiger partial charge in [-0.3, -0.25) is 9.59 Å². The van der Waals surface area contributed by atoms with Crippen LogP contribution in [0.4, 0.5) is 0 Å². The first-order valence-electron chi connectivity index (χ1n) is 7.15. The second-order valence-corrected chi connectivity index (χ2v) is 6.06. The van der Waals surface area contributed by atoms with Crippen LogP contribution in [0.15, 0.2) is 18.2 Å². The molecular formula is C15H17ClN2O3. The van der Waals surface area contributed by atoms with Crippen LogP contribution in [0.2, 0.25) is 5.02 Å². The van der Waals surface area contributed by atoms with Gasteiger partial charge < -0.3 is 15.3 Å². The molecule has 5 nitrogen and oxygen atoms in total. The zero-order chi connectivity index (χ0) is 15.0. The van der Waals surface area contributed by atoms with Gasteiger partial charge in [0.15, 0.2) is 0 Å². The number of hydrogen-bond acceptors (Lipinski definition) is 3. The number of rotatable bonds is 1. The lowest BCUT2D eigenvalue weighted by Gasteiger charge is -2.44. The van der Waals surface area contributed by atoms with E-state index in [1.54, 1.807) is 11.0 Å². The summed E-state index contributed by atoms with van der Waals surface area (Å²) in [6.07, 6.45) is 3.89. The Morgan fingerprint density at radius 2 is 2.10 bits per heavy atom. The van der Waals surface area contributed by atoms with Crippen molar-refractivity contribution in [2.45, 2.75) is 37.8 Å². The molecule has 1 heterocycles. The second-order valence-electron chi connectivity index (χ2n) is 5.62. The molecule has 6 heteroatoms. The third-order valence-electron chi connectivity index (χ3n) is 4.24. The number of fused-ring (bicyclic) bond motifs is 1. The molecule has 3 rings (SSSR count). The summed E-state index contributed by atoms with van der Waals surface area (Å²) in [7, 11) is 0. The highest BCUT2D eigenvalue weighted by molar-refractivity contribution is 6.30. The quantitative estimate of drug-likeness (QED) is 0.833. The van der Waals surface area contributed by atoms with Crippen LogP contribution in [-0.4, -0.2) is 40.4 Å². The van der Waals surface area contributed by atoms with Crippen LogP contribution in [0.3, 0.4) is 0 Å². The number of phenols is 1. The third-order valence-corrected chi connectivity index (χ3v) is 4.48. The van der Waals surface area contributed by atoms with E-state index >= 15 is 0 Å². The van der Waals surface area contributed by atoms with Crippen molar-refractivity contribution < 1.29 is 14.7 Å². The highest BCUT2D eigenvalue weighted by atomic mass is 35.5. The zero-order valence-corrected chi connectivity index (χ0v) is 12.3. The van der Waals surface area contributed by atoms with Gasteiger partial charge in [0, 0.05) is 11.1 Å². The maximum absolute atomic E-state index is 12.7. The lowest BCUT2D eigenvalue weighted by molar-refractivity contribution is -0.127. The van der Waals surface area contributed by atoms with E-state index in [2.05, 4.69) is 5.32 Å². The molecule has 1 aliphatic carbocycles. The van der Waals surface area contributed by atoms with Gasteiger partial charge in [0.2, 0.25) is 5.91 Å². The summed E-state index contributed by atoms with van der Waals surface area (Å²) in [5, 5.41) is 13.3. The van der Waals surface area contributed by atoms with Gasteiger partial charge in [0.25, 0.3) is 5.91 Å². The second kappa shape index (κ2) is 5.56. The first kappa shape index (κ1) is 14.2. The monoisotopic (exact) mass is 308 g/mol. The van der Waals surface area contributed by atoms with Crippen LogP contribution in [0.5, 0.6) is 5.75 Å². The van der Waals surface area contributed by atoms with Crippen LogP contribution < -0.4 is 5.32 Å². The van der Waals surface area contributed by atoms with Crippen molar-refractivity contribution in [3.8, 4) is 5.75 Å². The molecule has 0 aromatic heterocycles. The van der Waals surface area contributed by atoms with E-state index in [9.17, 15) is 14.7 Å². The molecule has 2 aliphatic rings. The summed E-state index contributed by atoms with van der Waals surface area (Å²) in [5.74, 6) is -0.596. The molecule has 0 unspecified atom stereocenters. The minimum Gasteiger partial charge on any atom is -0.507 e. The Bertz CT molecular complexity index is 590. The Kier molecular flexibility index (Phi) is 3.76. The van der Waals surface area contributed by atoms with Gasteiger partial charge in [0.05, 0.1) is 11.6 Å². The van der Waals surface area contributed by atoms with Crippen LogP contribution in [0, 0.1) is 0 Å². The summed E-state index contributed by atoms with van der Waals surface area (Å²) >= 11 is 5.79. The topological polar surface area (TPSA) is 69.6 Å². The van der Waals surface area contributed by atoms with Gasteiger partial charge in [-0.25, -0.2) is 0 Å². The van der Waals surface area contributed by atoms with Gasteiger partial charge in [-0.15, -0.1) is 0 Å². The van der Waals surface area contributed by atoms with Crippen molar-refractivity contribution >= 4 is 23.4 Å². The number of amides is 2. The molecule has 1 saturated heterocycles. The molecule has 1 aromatic rings. The number of nitrogens with one attached hydrogen (secondary N) is 1. The van der Waals surface area contributed by atoms with Crippen molar-refractivity contribution in [2.75, 3.05) is 6.54 Å². The summed E-state index contributed by atoms with van der Waals surface area (Å²) in [5.41, 5.74) is 0.193. The van der Waals surface area contributed by atoms with Gasteiger partial charge in [-0.1, -0.05) is 24.4 Å². The van der Waals surface area contributed by atoms with E-state index in [1.165, 1.54) is 12.1 Å². The first-order chi connectivity index (χ1) is 10.1. The highest BCUT2D eigenvalue weighted by Crippen LogP contribution is 2.29. The van der Waals surface area contributed by atoms with Gasteiger partial charge in [-0.2, -0.15) is 0 Å². The Labute approximate surface area is 127 Å². The number of carbonyl (C=O) groups excluding carboxylic acids is 2. The summed E-state index contributed by atoms with van der Waals surface area (Å²) < 4.78 is 0. The lowest BCUT2D eigenvalue weighted by Crippen LogP contribution is -2.62. The number of phenolic OH excluding ortho intramolecular Hbond substituents is 1. The Hall–Kier alpha value is -1.75. The standard InChI is InChI=1S/C15H17ClN2O3/c16-9-5-6-10(13(19)7-9)15(21)18-8-14(20)17-11-3-1-2-4-12(11)18/h5-7,11-12,19H,1-4,8H2,(H,17,20)/t11-,12+/m0/s1. The van der Waals surface area contributed by atoms with E-state index in [4.69, 9.17) is 11.6 Å². The molecule has 2 N–H and O–H groups in total. The van der Waals surface area contributed by atoms with E-state index in [0.717, 1.165) is 25.7 Å². The molecule has 0 radical (unpaired) electrons. The van der Waals surface area contributed by atoms with Crippen LogP contribution in [0.25, 0.3) is 0 Å². The fraction of sp³-hybridized carbons (Fsp3) is 0.467. The van der Waals surface area contributed by atoms with Gasteiger partial charge in [0.1, 0.15) is 12.3 Å². The molecule has 2 atom stereocenters. The minimum atomic E-state index is -0.309. The van der Waals surface area contributed by atoms with E-state index in [0.29, 0.717) is 5.02 Å². The van der Waals surface area contributed by atoms with Crippen molar-refractivity contribution in [1.29, 1.82) is 0 Å². The Balaban J connectivity index is 1.89. The fourth-order valence-electron chi connectivity index (χ4n) is 3.24. The average molecular weight is 309 g/mol. The average Bonchev–Trinajstić information content (AvgIpc) is 2.45. The smallest absolute Gasteiger partial charge is 0.258 e. The van der Waals surface area contributed by atoms with Crippen LogP contribution in [0.1, 0.15) is 36.0 Å². The van der Waals surface area contributed by atoms with E-state index < -0.39 is 0 Å². The molecule has 112 valence electrons. The van der Waals surface area contributed by atoms with Crippen LogP contribution >= 0.6 is 11.6 Å². The van der Waals surface area contributed by atoms with Crippen molar-refractivity contribution in [2.24, 2.45) is 0 Å². The molecule has 2 amide bonds. The molecule has 1 aliphatic heterocycles. The zero-order valence-electron chi connectivity index (χ0n) is 11.5. The van der Waals surface area contributed by atoms with E-state index in [1.807, 2.05) is 0 Å². The fourth-order valence-corrected chi connectivity index (χ4v) is 3.41. The Morgan fingerprint density at radius 1 is 1.33 bits per heavy atom. The maximum atomic E-state index is 12.7. The predicted octanol–water partition coefficient (Wildman–Crippen LogP) is 1.93. The minimum absolute atomic E-state index is 0.0130. The number of aromatic hydroxyl groups is 1. The lowest BCUT2D eigenvalue weighted by atomic mass is 9.87.